The smallest absolute Gasteiger partial charge is 0.311 e. The number of Topliss-reactive ketones (excluding diaryl/α,β-unsaturated/α-hetero) is 1. The molecule has 1 aliphatic heterocycles. The Balaban J connectivity index is 1.93. The summed E-state index contributed by atoms with van der Waals surface area (Å²) < 4.78 is 10.7. The summed E-state index contributed by atoms with van der Waals surface area (Å²) in [4.78, 5) is 23.9. The lowest BCUT2D eigenvalue weighted by molar-refractivity contribution is -0.142. The molecule has 0 fully saturated rings. The fourth-order valence-corrected chi connectivity index (χ4v) is 3.62. The third kappa shape index (κ3) is 10.3. The number of hydrogen-bond donors (Lipinski definition) is 0. The van der Waals surface area contributed by atoms with E-state index >= 15 is 0 Å². The third-order valence-electron chi connectivity index (χ3n) is 5.44. The Morgan fingerprint density at radius 3 is 1.75 bits per heavy atom. The normalized spacial score (nSPS) is 16.5. The first-order chi connectivity index (χ1) is 13.6. The quantitative estimate of drug-likeness (QED) is 0.197. The van der Waals surface area contributed by atoms with Crippen LogP contribution in [-0.4, -0.2) is 17.9 Å². The van der Waals surface area contributed by atoms with Crippen LogP contribution in [0.4, 0.5) is 0 Å². The molecule has 0 saturated carbocycles. The Morgan fingerprint density at radius 2 is 1.29 bits per heavy atom. The molecule has 0 radical (unpaired) electrons. The molecular weight excluding hydrogens is 352 g/mol. The lowest BCUT2D eigenvalue weighted by Gasteiger charge is -2.05. The minimum atomic E-state index is -0.529. The van der Waals surface area contributed by atoms with Gasteiger partial charge in [-0.3, -0.25) is 9.59 Å². The summed E-state index contributed by atoms with van der Waals surface area (Å²) in [6.45, 7) is 5.84. The van der Waals surface area contributed by atoms with Gasteiger partial charge in [0.15, 0.2) is 6.10 Å². The van der Waals surface area contributed by atoms with Gasteiger partial charge in [0.05, 0.1) is 0 Å². The number of rotatable bonds is 17. The van der Waals surface area contributed by atoms with Gasteiger partial charge in [0.1, 0.15) is 5.76 Å². The Kier molecular flexibility index (Phi) is 13.8. The molecule has 0 saturated heterocycles. The van der Waals surface area contributed by atoms with Gasteiger partial charge in [0, 0.05) is 12.8 Å². The number of allylic oxidation sites excluding steroid dienone is 1. The third-order valence-corrected chi connectivity index (χ3v) is 5.44. The van der Waals surface area contributed by atoms with Crippen LogP contribution in [0.1, 0.15) is 124 Å². The van der Waals surface area contributed by atoms with Gasteiger partial charge in [-0.25, -0.2) is 0 Å². The van der Waals surface area contributed by atoms with Crippen LogP contribution in [0.3, 0.4) is 0 Å². The molecule has 1 atom stereocenters. The molecule has 0 N–H and O–H groups in total. The topological polar surface area (TPSA) is 52.6 Å². The predicted molar refractivity (Wildman–Crippen MR) is 114 cm³/mol. The van der Waals surface area contributed by atoms with Crippen molar-refractivity contribution in [3.05, 3.63) is 11.5 Å². The molecule has 0 aromatic carbocycles. The molecule has 1 unspecified atom stereocenters. The van der Waals surface area contributed by atoms with E-state index in [1.54, 1.807) is 6.92 Å². The lowest BCUT2D eigenvalue weighted by Crippen LogP contribution is -2.16. The summed E-state index contributed by atoms with van der Waals surface area (Å²) >= 11 is 0. The average Bonchev–Trinajstić information content (AvgIpc) is 2.96. The van der Waals surface area contributed by atoms with Crippen LogP contribution < -0.4 is 0 Å². The fourth-order valence-electron chi connectivity index (χ4n) is 3.62. The Hall–Kier alpha value is -1.32. The van der Waals surface area contributed by atoms with Crippen LogP contribution in [0, 0.1) is 0 Å². The number of carbonyl (C=O) groups excluding carboxylic acids is 2. The molecule has 0 spiro atoms. The van der Waals surface area contributed by atoms with Gasteiger partial charge in [-0.1, -0.05) is 97.3 Å². The molecule has 0 aliphatic carbocycles. The van der Waals surface area contributed by atoms with Gasteiger partial charge >= 0.3 is 5.97 Å². The SMILES string of the molecule is CCCCCCCCCCCCCCCCC(=O)OC1=C(CC)OC(C)C1=O. The van der Waals surface area contributed by atoms with E-state index in [1.807, 2.05) is 6.92 Å². The van der Waals surface area contributed by atoms with Crippen molar-refractivity contribution in [2.45, 2.75) is 130 Å². The molecule has 162 valence electrons. The second-order valence-electron chi connectivity index (χ2n) is 8.05. The minimum Gasteiger partial charge on any atom is -0.483 e. The minimum absolute atomic E-state index is 0.130. The maximum atomic E-state index is 12.0. The zero-order valence-electron chi connectivity index (χ0n) is 18.5. The van der Waals surface area contributed by atoms with Crippen LogP contribution in [-0.2, 0) is 19.1 Å². The number of hydrogen-bond acceptors (Lipinski definition) is 4. The highest BCUT2D eigenvalue weighted by Gasteiger charge is 2.33. The van der Waals surface area contributed by atoms with Crippen LogP contribution >= 0.6 is 0 Å². The maximum Gasteiger partial charge on any atom is 0.311 e. The van der Waals surface area contributed by atoms with Crippen LogP contribution in [0.2, 0.25) is 0 Å². The average molecular weight is 395 g/mol. The van der Waals surface area contributed by atoms with Gasteiger partial charge in [-0.2, -0.15) is 0 Å². The summed E-state index contributed by atoms with van der Waals surface area (Å²) in [6.07, 6.45) is 18.4. The zero-order chi connectivity index (χ0) is 20.6. The molecule has 1 aliphatic rings. The van der Waals surface area contributed by atoms with Gasteiger partial charge < -0.3 is 9.47 Å². The highest BCUT2D eigenvalue weighted by Crippen LogP contribution is 2.25. The Bertz CT molecular complexity index is 481. The monoisotopic (exact) mass is 394 g/mol. The standard InChI is InChI=1S/C24H42O4/c1-4-6-7-8-9-10-11-12-13-14-15-16-17-18-19-22(25)28-24-21(5-2)27-20(3)23(24)26/h20H,4-19H2,1-3H3. The van der Waals surface area contributed by atoms with E-state index in [0.717, 1.165) is 12.8 Å². The van der Waals surface area contributed by atoms with Crippen molar-refractivity contribution < 1.29 is 19.1 Å². The van der Waals surface area contributed by atoms with Crippen molar-refractivity contribution in [1.29, 1.82) is 0 Å². The second-order valence-corrected chi connectivity index (χ2v) is 8.05. The van der Waals surface area contributed by atoms with E-state index in [2.05, 4.69) is 6.92 Å². The zero-order valence-corrected chi connectivity index (χ0v) is 18.5. The highest BCUT2D eigenvalue weighted by molar-refractivity contribution is 6.00. The summed E-state index contributed by atoms with van der Waals surface area (Å²) in [5.74, 6) is 0.106. The molecule has 4 heteroatoms. The summed E-state index contributed by atoms with van der Waals surface area (Å²) in [7, 11) is 0. The van der Waals surface area contributed by atoms with Crippen molar-refractivity contribution in [1.82, 2.24) is 0 Å². The van der Waals surface area contributed by atoms with Gasteiger partial charge in [0.2, 0.25) is 11.5 Å². The maximum absolute atomic E-state index is 12.0. The van der Waals surface area contributed by atoms with Crippen LogP contribution in [0.15, 0.2) is 11.5 Å². The number of unbranched alkanes of at least 4 members (excludes halogenated alkanes) is 13. The van der Waals surface area contributed by atoms with Crippen molar-refractivity contribution in [2.75, 3.05) is 0 Å². The molecule has 28 heavy (non-hydrogen) atoms. The second kappa shape index (κ2) is 15.6. The molecule has 0 bridgehead atoms. The number of ketones is 1. The van der Waals surface area contributed by atoms with E-state index < -0.39 is 6.10 Å². The van der Waals surface area contributed by atoms with Crippen molar-refractivity contribution in [3.8, 4) is 0 Å². The van der Waals surface area contributed by atoms with E-state index in [4.69, 9.17) is 9.47 Å². The summed E-state index contributed by atoms with van der Waals surface area (Å²) in [5.41, 5.74) is 0. The molecule has 1 rings (SSSR count). The van der Waals surface area contributed by atoms with Crippen LogP contribution in [0.25, 0.3) is 0 Å². The largest absolute Gasteiger partial charge is 0.483 e. The number of carbonyl (C=O) groups is 2. The lowest BCUT2D eigenvalue weighted by atomic mass is 10.0. The van der Waals surface area contributed by atoms with E-state index in [-0.39, 0.29) is 17.5 Å². The summed E-state index contributed by atoms with van der Waals surface area (Å²) in [6, 6.07) is 0. The first-order valence-corrected chi connectivity index (χ1v) is 11.7. The van der Waals surface area contributed by atoms with Crippen molar-refractivity contribution in [2.24, 2.45) is 0 Å². The van der Waals surface area contributed by atoms with Gasteiger partial charge in [0.25, 0.3) is 0 Å². The highest BCUT2D eigenvalue weighted by atomic mass is 16.6. The van der Waals surface area contributed by atoms with E-state index in [9.17, 15) is 9.59 Å². The molecule has 0 aromatic rings. The van der Waals surface area contributed by atoms with E-state index in [0.29, 0.717) is 18.6 Å². The Labute approximate surface area is 172 Å². The van der Waals surface area contributed by atoms with Gasteiger partial charge in [-0.05, 0) is 13.3 Å². The fraction of sp³-hybridized carbons (Fsp3) is 0.833. The van der Waals surface area contributed by atoms with E-state index in [1.165, 1.54) is 77.0 Å². The predicted octanol–water partition coefficient (Wildman–Crippen LogP) is 7.01. The number of ether oxygens (including phenoxy) is 2. The van der Waals surface area contributed by atoms with Crippen molar-refractivity contribution in [3.63, 3.8) is 0 Å². The molecule has 0 aromatic heterocycles. The van der Waals surface area contributed by atoms with Crippen molar-refractivity contribution >= 4 is 11.8 Å². The molecule has 0 amide bonds. The van der Waals surface area contributed by atoms with Gasteiger partial charge in [-0.15, -0.1) is 0 Å². The number of esters is 1. The molecular formula is C24H42O4. The van der Waals surface area contributed by atoms with Crippen LogP contribution in [0.5, 0.6) is 0 Å². The molecule has 1 heterocycles. The first kappa shape index (κ1) is 24.7. The summed E-state index contributed by atoms with van der Waals surface area (Å²) in [5, 5.41) is 0. The molecule has 4 nitrogen and oxygen atoms in total. The Morgan fingerprint density at radius 1 is 0.821 bits per heavy atom. The first-order valence-electron chi connectivity index (χ1n) is 11.7.